The van der Waals surface area contributed by atoms with Gasteiger partial charge in [-0.15, -0.1) is 0 Å². The molecule has 2 aliphatic heterocycles. The number of piperidine rings is 1. The SMILES string of the molecule is COC12CC[C@@]3(C[C@]1(C)COCc1ccoc1)[C@H]1Cc4ccc(O)c5c4[C@@]3(CCN1CC1CC1)[C@H]2O5. The third-order valence-electron chi connectivity index (χ3n) is 11.4. The van der Waals surface area contributed by atoms with Crippen molar-refractivity contribution in [1.29, 1.82) is 0 Å². The van der Waals surface area contributed by atoms with Gasteiger partial charge in [-0.05, 0) is 75.1 Å². The molecule has 1 saturated heterocycles. The topological polar surface area (TPSA) is 64.3 Å². The van der Waals surface area contributed by atoms with Gasteiger partial charge in [-0.3, -0.25) is 4.90 Å². The molecule has 1 N–H and O–H groups in total. The zero-order valence-corrected chi connectivity index (χ0v) is 21.4. The molecular formula is C30H37NO5. The summed E-state index contributed by atoms with van der Waals surface area (Å²) < 4.78 is 25.3. The second-order valence-electron chi connectivity index (χ2n) is 12.9. The molecule has 0 amide bonds. The lowest BCUT2D eigenvalue weighted by Gasteiger charge is -2.76. The minimum absolute atomic E-state index is 0.0995. The van der Waals surface area contributed by atoms with Crippen molar-refractivity contribution in [2.75, 3.05) is 26.8 Å². The van der Waals surface area contributed by atoms with Crippen LogP contribution in [0.15, 0.2) is 35.1 Å². The quantitative estimate of drug-likeness (QED) is 0.599. The molecule has 36 heavy (non-hydrogen) atoms. The van der Waals surface area contributed by atoms with Crippen LogP contribution >= 0.6 is 0 Å². The molecular weight excluding hydrogens is 454 g/mol. The van der Waals surface area contributed by atoms with Crippen LogP contribution in [0.1, 0.15) is 62.1 Å². The number of ether oxygens (including phenoxy) is 3. The standard InChI is InChI=1S/C30H37NO5/c1-27(18-35-16-20-7-12-34-15-20)17-28-8-9-30(27,33-2)26-29(28)10-11-31(14-19-3-4-19)23(28)13-21-5-6-22(32)25(36-26)24(21)29/h5-7,12,15,19,23,26,32H,3-4,8-11,13-14,16-18H2,1-2H3/t23-,26-,27-,28-,29+,30?/m1/s1. The molecule has 6 atom stereocenters. The fourth-order valence-corrected chi connectivity index (χ4v) is 9.91. The van der Waals surface area contributed by atoms with Gasteiger partial charge in [0.2, 0.25) is 0 Å². The molecule has 6 nitrogen and oxygen atoms in total. The van der Waals surface area contributed by atoms with E-state index in [9.17, 15) is 5.11 Å². The van der Waals surface area contributed by atoms with Gasteiger partial charge in [0.25, 0.3) is 0 Å². The summed E-state index contributed by atoms with van der Waals surface area (Å²) in [6, 6.07) is 6.51. The van der Waals surface area contributed by atoms with Gasteiger partial charge in [0.1, 0.15) is 11.7 Å². The van der Waals surface area contributed by atoms with Gasteiger partial charge in [-0.25, -0.2) is 0 Å². The van der Waals surface area contributed by atoms with Crippen LogP contribution in [0, 0.1) is 16.7 Å². The predicted molar refractivity (Wildman–Crippen MR) is 133 cm³/mol. The molecule has 5 fully saturated rings. The highest BCUT2D eigenvalue weighted by Crippen LogP contribution is 2.79. The Bertz CT molecular complexity index is 1210. The van der Waals surface area contributed by atoms with Crippen LogP contribution in [0.4, 0.5) is 0 Å². The molecule has 3 heterocycles. The Morgan fingerprint density at radius 2 is 2.06 bits per heavy atom. The number of hydrogen-bond acceptors (Lipinski definition) is 6. The number of aromatic hydroxyl groups is 1. The van der Waals surface area contributed by atoms with Gasteiger partial charge < -0.3 is 23.7 Å². The normalized spacial score (nSPS) is 41.8. The minimum atomic E-state index is -0.464. The predicted octanol–water partition coefficient (Wildman–Crippen LogP) is 4.82. The first-order valence-corrected chi connectivity index (χ1v) is 13.9. The molecule has 5 aliphatic carbocycles. The van der Waals surface area contributed by atoms with Crippen LogP contribution in [0.25, 0.3) is 0 Å². The maximum atomic E-state index is 11.0. The molecule has 192 valence electrons. The summed E-state index contributed by atoms with van der Waals surface area (Å²) in [5.74, 6) is 1.90. The van der Waals surface area contributed by atoms with Crippen molar-refractivity contribution in [2.45, 2.75) is 81.6 Å². The van der Waals surface area contributed by atoms with E-state index in [1.807, 2.05) is 19.2 Å². The monoisotopic (exact) mass is 491 g/mol. The molecule has 9 rings (SSSR count). The first-order valence-electron chi connectivity index (χ1n) is 13.9. The number of likely N-dealkylation sites (tertiary alicyclic amines) is 1. The Kier molecular flexibility index (Phi) is 4.33. The number of methoxy groups -OCH3 is 1. The van der Waals surface area contributed by atoms with Crippen LogP contribution in [0.2, 0.25) is 0 Å². The number of phenols is 1. The van der Waals surface area contributed by atoms with E-state index >= 15 is 0 Å². The fourth-order valence-electron chi connectivity index (χ4n) is 9.91. The number of fused-ring (bicyclic) bond motifs is 2. The second kappa shape index (κ2) is 7.09. The summed E-state index contributed by atoms with van der Waals surface area (Å²) in [4.78, 5) is 2.85. The zero-order valence-electron chi connectivity index (χ0n) is 21.4. The molecule has 6 heteroatoms. The molecule has 1 unspecified atom stereocenters. The van der Waals surface area contributed by atoms with Gasteiger partial charge >= 0.3 is 0 Å². The summed E-state index contributed by atoms with van der Waals surface area (Å²) in [6.45, 7) is 5.89. The molecule has 2 aromatic rings. The van der Waals surface area contributed by atoms with Crippen LogP contribution < -0.4 is 4.74 Å². The molecule has 4 saturated carbocycles. The highest BCUT2D eigenvalue weighted by atomic mass is 16.6. The number of furan rings is 1. The second-order valence-corrected chi connectivity index (χ2v) is 12.9. The molecule has 7 aliphatic rings. The van der Waals surface area contributed by atoms with E-state index in [0.29, 0.717) is 19.3 Å². The van der Waals surface area contributed by atoms with Crippen molar-refractivity contribution in [3.05, 3.63) is 47.4 Å². The average Bonchev–Trinajstić information content (AvgIpc) is 3.38. The van der Waals surface area contributed by atoms with E-state index in [-0.39, 0.29) is 28.1 Å². The molecule has 2 spiro atoms. The number of benzene rings is 1. The van der Waals surface area contributed by atoms with Gasteiger partial charge in [-0.1, -0.05) is 13.0 Å². The van der Waals surface area contributed by atoms with E-state index in [2.05, 4.69) is 17.9 Å². The maximum absolute atomic E-state index is 11.0. The van der Waals surface area contributed by atoms with Gasteiger partial charge in [0.05, 0.1) is 25.7 Å². The van der Waals surface area contributed by atoms with Crippen LogP contribution in [0.3, 0.4) is 0 Å². The number of phenolic OH excluding ortho intramolecular Hbond substituents is 1. The van der Waals surface area contributed by atoms with Crippen molar-refractivity contribution in [2.24, 2.45) is 16.7 Å². The fraction of sp³-hybridized carbons (Fsp3) is 0.667. The van der Waals surface area contributed by atoms with Gasteiger partial charge in [0, 0.05) is 47.1 Å². The van der Waals surface area contributed by atoms with Crippen molar-refractivity contribution in [1.82, 2.24) is 4.90 Å². The lowest BCUT2D eigenvalue weighted by molar-refractivity contribution is -0.314. The van der Waals surface area contributed by atoms with Crippen LogP contribution in [-0.4, -0.2) is 54.6 Å². The lowest BCUT2D eigenvalue weighted by atomic mass is 9.32. The third kappa shape index (κ3) is 2.45. The van der Waals surface area contributed by atoms with Crippen molar-refractivity contribution in [3.8, 4) is 11.5 Å². The molecule has 4 bridgehead atoms. The van der Waals surface area contributed by atoms with E-state index in [4.69, 9.17) is 18.6 Å². The first kappa shape index (κ1) is 22.0. The van der Waals surface area contributed by atoms with Crippen molar-refractivity contribution in [3.63, 3.8) is 0 Å². The number of hydrogen-bond donors (Lipinski definition) is 1. The largest absolute Gasteiger partial charge is 0.504 e. The van der Waals surface area contributed by atoms with E-state index in [1.165, 1.54) is 30.5 Å². The molecule has 0 radical (unpaired) electrons. The summed E-state index contributed by atoms with van der Waals surface area (Å²) in [5, 5.41) is 11.0. The summed E-state index contributed by atoms with van der Waals surface area (Å²) in [7, 11) is 1.87. The highest BCUT2D eigenvalue weighted by molar-refractivity contribution is 5.63. The van der Waals surface area contributed by atoms with E-state index in [0.717, 1.165) is 55.9 Å². The number of nitrogens with zero attached hydrogens (tertiary/aromatic N) is 1. The Hall–Kier alpha value is -2.02. The minimum Gasteiger partial charge on any atom is -0.504 e. The molecule has 1 aromatic heterocycles. The molecule has 1 aromatic carbocycles. The van der Waals surface area contributed by atoms with Gasteiger partial charge in [0.15, 0.2) is 11.5 Å². The Morgan fingerprint density at radius 3 is 2.83 bits per heavy atom. The highest BCUT2D eigenvalue weighted by Gasteiger charge is 2.83. The van der Waals surface area contributed by atoms with Crippen LogP contribution in [-0.2, 0) is 27.9 Å². The van der Waals surface area contributed by atoms with Crippen molar-refractivity contribution < 1.29 is 23.7 Å². The Morgan fingerprint density at radius 1 is 1.17 bits per heavy atom. The zero-order chi connectivity index (χ0) is 24.3. The van der Waals surface area contributed by atoms with Crippen LogP contribution in [0.5, 0.6) is 11.5 Å². The van der Waals surface area contributed by atoms with E-state index in [1.54, 1.807) is 12.5 Å². The summed E-state index contributed by atoms with van der Waals surface area (Å²) in [6.07, 6.45) is 11.5. The number of rotatable bonds is 7. The lowest BCUT2D eigenvalue weighted by Crippen LogP contribution is -2.83. The third-order valence-corrected chi connectivity index (χ3v) is 11.4. The maximum Gasteiger partial charge on any atom is 0.165 e. The smallest absolute Gasteiger partial charge is 0.165 e. The Labute approximate surface area is 212 Å². The van der Waals surface area contributed by atoms with E-state index < -0.39 is 5.60 Å². The Balaban J connectivity index is 1.27. The van der Waals surface area contributed by atoms with Gasteiger partial charge in [-0.2, -0.15) is 0 Å². The summed E-state index contributed by atoms with van der Waals surface area (Å²) in [5.41, 5.74) is 3.10. The first-order chi connectivity index (χ1) is 17.5. The summed E-state index contributed by atoms with van der Waals surface area (Å²) >= 11 is 0. The average molecular weight is 492 g/mol. The van der Waals surface area contributed by atoms with Crippen molar-refractivity contribution >= 4 is 0 Å².